The summed E-state index contributed by atoms with van der Waals surface area (Å²) in [6, 6.07) is 4.89. The first-order valence-corrected chi connectivity index (χ1v) is 7.95. The summed E-state index contributed by atoms with van der Waals surface area (Å²) in [4.78, 5) is 16.2. The molecule has 134 valence electrons. The molecular formula is C17H20N2O6. The van der Waals surface area contributed by atoms with Crippen LogP contribution in [0.2, 0.25) is 0 Å². The molecule has 8 nitrogen and oxygen atoms in total. The molecule has 2 aromatic rings. The van der Waals surface area contributed by atoms with Crippen LogP contribution in [0.1, 0.15) is 30.2 Å². The van der Waals surface area contributed by atoms with E-state index in [1.807, 2.05) is 13.8 Å². The molecule has 8 heteroatoms. The number of rotatable bonds is 7. The average molecular weight is 348 g/mol. The zero-order chi connectivity index (χ0) is 17.8. The van der Waals surface area contributed by atoms with Crippen molar-refractivity contribution in [1.29, 1.82) is 0 Å². The lowest BCUT2D eigenvalue weighted by atomic mass is 10.1. The van der Waals surface area contributed by atoms with Crippen LogP contribution in [0.4, 0.5) is 0 Å². The topological polar surface area (TPSA) is 103 Å². The van der Waals surface area contributed by atoms with Crippen LogP contribution >= 0.6 is 0 Å². The molecule has 2 heterocycles. The van der Waals surface area contributed by atoms with Gasteiger partial charge in [-0.05, 0) is 18.1 Å². The quantitative estimate of drug-likeness (QED) is 0.785. The van der Waals surface area contributed by atoms with E-state index in [0.29, 0.717) is 17.2 Å². The minimum absolute atomic E-state index is 0.0700. The van der Waals surface area contributed by atoms with Crippen molar-refractivity contribution < 1.29 is 28.5 Å². The number of carbonyl (C=O) groups is 1. The van der Waals surface area contributed by atoms with Crippen LogP contribution in [0, 0.1) is 5.92 Å². The van der Waals surface area contributed by atoms with Gasteiger partial charge in [0.1, 0.15) is 12.0 Å². The predicted octanol–water partition coefficient (Wildman–Crippen LogP) is 1.73. The number of nitrogens with one attached hydrogen (secondary N) is 1. The first-order valence-electron chi connectivity index (χ1n) is 7.95. The number of benzene rings is 1. The molecule has 0 aliphatic carbocycles. The Bertz CT molecular complexity index is 742. The van der Waals surface area contributed by atoms with E-state index in [-0.39, 0.29) is 43.6 Å². The van der Waals surface area contributed by atoms with Crippen molar-refractivity contribution in [2.24, 2.45) is 5.92 Å². The third-order valence-electron chi connectivity index (χ3n) is 3.81. The van der Waals surface area contributed by atoms with Crippen molar-refractivity contribution in [3.63, 3.8) is 0 Å². The molecule has 0 radical (unpaired) electrons. The Balaban J connectivity index is 1.57. The number of hydrogen-bond donors (Lipinski definition) is 2. The first kappa shape index (κ1) is 17.1. The fourth-order valence-corrected chi connectivity index (χ4v) is 2.26. The summed E-state index contributed by atoms with van der Waals surface area (Å²) in [7, 11) is 0. The highest BCUT2D eigenvalue weighted by Gasteiger charge is 2.19. The standard InChI is InChI=1S/C17H20N2O6/c1-10(2)12(6-20)19-17(21)13-7-23-16(18-13)8-22-11-3-4-14-15(5-11)25-9-24-14/h3-5,7,10,12,20H,6,8-9H2,1-2H3,(H,19,21)/t12-/m0/s1. The second kappa shape index (κ2) is 7.43. The molecule has 2 N–H and O–H groups in total. The monoisotopic (exact) mass is 348 g/mol. The van der Waals surface area contributed by atoms with Crippen molar-refractivity contribution in [3.8, 4) is 17.2 Å². The molecule has 0 saturated heterocycles. The summed E-state index contributed by atoms with van der Waals surface area (Å²) in [6.45, 7) is 3.95. The Hall–Kier alpha value is -2.74. The van der Waals surface area contributed by atoms with Crippen LogP contribution in [0.25, 0.3) is 0 Å². The van der Waals surface area contributed by atoms with Gasteiger partial charge in [0.15, 0.2) is 23.8 Å². The molecule has 0 fully saturated rings. The molecular weight excluding hydrogens is 328 g/mol. The molecule has 25 heavy (non-hydrogen) atoms. The minimum atomic E-state index is -0.397. The number of aliphatic hydroxyl groups is 1. The smallest absolute Gasteiger partial charge is 0.273 e. The Kier molecular flexibility index (Phi) is 5.08. The summed E-state index contributed by atoms with van der Waals surface area (Å²) in [5, 5.41) is 12.0. The van der Waals surface area contributed by atoms with Gasteiger partial charge in [-0.2, -0.15) is 0 Å². The fraction of sp³-hybridized carbons (Fsp3) is 0.412. The molecule has 1 atom stereocenters. The van der Waals surface area contributed by atoms with E-state index in [4.69, 9.17) is 18.6 Å². The van der Waals surface area contributed by atoms with Crippen LogP contribution in [-0.4, -0.2) is 35.4 Å². The molecule has 1 aliphatic heterocycles. The predicted molar refractivity (Wildman–Crippen MR) is 86.6 cm³/mol. The summed E-state index contributed by atoms with van der Waals surface area (Å²) >= 11 is 0. The maximum Gasteiger partial charge on any atom is 0.273 e. The maximum atomic E-state index is 12.1. The van der Waals surface area contributed by atoms with Gasteiger partial charge in [0.25, 0.3) is 5.91 Å². The van der Waals surface area contributed by atoms with Gasteiger partial charge in [0.05, 0.1) is 12.6 Å². The third-order valence-corrected chi connectivity index (χ3v) is 3.81. The lowest BCUT2D eigenvalue weighted by Crippen LogP contribution is -2.41. The van der Waals surface area contributed by atoms with Crippen molar-refractivity contribution in [1.82, 2.24) is 10.3 Å². The van der Waals surface area contributed by atoms with E-state index in [1.54, 1.807) is 18.2 Å². The zero-order valence-electron chi connectivity index (χ0n) is 14.0. The second-order valence-electron chi connectivity index (χ2n) is 5.94. The number of ether oxygens (including phenoxy) is 3. The highest BCUT2D eigenvalue weighted by atomic mass is 16.7. The van der Waals surface area contributed by atoms with Gasteiger partial charge in [-0.1, -0.05) is 13.8 Å². The zero-order valence-corrected chi connectivity index (χ0v) is 14.0. The number of oxazole rings is 1. The van der Waals surface area contributed by atoms with Gasteiger partial charge in [-0.25, -0.2) is 4.98 Å². The van der Waals surface area contributed by atoms with Gasteiger partial charge in [-0.15, -0.1) is 0 Å². The van der Waals surface area contributed by atoms with Crippen LogP contribution < -0.4 is 19.5 Å². The Labute approximate surface area is 144 Å². The lowest BCUT2D eigenvalue weighted by molar-refractivity contribution is 0.0891. The number of amides is 1. The number of hydrogen-bond acceptors (Lipinski definition) is 7. The highest BCUT2D eigenvalue weighted by Crippen LogP contribution is 2.35. The SMILES string of the molecule is CC(C)[C@H](CO)NC(=O)c1coc(COc2ccc3c(c2)OCO3)n1. The van der Waals surface area contributed by atoms with E-state index in [9.17, 15) is 9.90 Å². The molecule has 3 rings (SSSR count). The van der Waals surface area contributed by atoms with Gasteiger partial charge < -0.3 is 29.1 Å². The van der Waals surface area contributed by atoms with Crippen molar-refractivity contribution >= 4 is 5.91 Å². The van der Waals surface area contributed by atoms with Crippen LogP contribution in [0.15, 0.2) is 28.9 Å². The summed E-state index contributed by atoms with van der Waals surface area (Å²) < 4.78 is 21.4. The maximum absolute atomic E-state index is 12.1. The average Bonchev–Trinajstić information content (AvgIpc) is 3.25. The van der Waals surface area contributed by atoms with Gasteiger partial charge in [-0.3, -0.25) is 4.79 Å². The molecule has 1 aliphatic rings. The molecule has 0 spiro atoms. The third kappa shape index (κ3) is 4.03. The first-order chi connectivity index (χ1) is 12.1. The van der Waals surface area contributed by atoms with Crippen molar-refractivity contribution in [2.45, 2.75) is 26.5 Å². The highest BCUT2D eigenvalue weighted by molar-refractivity contribution is 5.92. The summed E-state index contributed by atoms with van der Waals surface area (Å²) in [5.41, 5.74) is 0.142. The molecule has 1 amide bonds. The molecule has 0 unspecified atom stereocenters. The van der Waals surface area contributed by atoms with E-state index < -0.39 is 5.91 Å². The van der Waals surface area contributed by atoms with Crippen LogP contribution in [0.5, 0.6) is 17.2 Å². The summed E-state index contributed by atoms with van der Waals surface area (Å²) in [6.07, 6.45) is 1.27. The Morgan fingerprint density at radius 3 is 2.92 bits per heavy atom. The molecule has 0 bridgehead atoms. The van der Waals surface area contributed by atoms with Crippen LogP contribution in [0.3, 0.4) is 0 Å². The van der Waals surface area contributed by atoms with Gasteiger partial charge >= 0.3 is 0 Å². The van der Waals surface area contributed by atoms with Gasteiger partial charge in [0.2, 0.25) is 12.7 Å². The molecule has 0 saturated carbocycles. The van der Waals surface area contributed by atoms with E-state index >= 15 is 0 Å². The second-order valence-corrected chi connectivity index (χ2v) is 5.94. The normalized spacial score (nSPS) is 13.8. The van der Waals surface area contributed by atoms with E-state index in [0.717, 1.165) is 0 Å². The Morgan fingerprint density at radius 2 is 2.16 bits per heavy atom. The van der Waals surface area contributed by atoms with Gasteiger partial charge in [0, 0.05) is 6.07 Å². The van der Waals surface area contributed by atoms with E-state index in [2.05, 4.69) is 10.3 Å². The fourth-order valence-electron chi connectivity index (χ4n) is 2.26. The number of aliphatic hydroxyl groups excluding tert-OH is 1. The van der Waals surface area contributed by atoms with E-state index in [1.165, 1.54) is 6.26 Å². The largest absolute Gasteiger partial charge is 0.484 e. The lowest BCUT2D eigenvalue weighted by Gasteiger charge is -2.18. The molecule has 1 aromatic carbocycles. The summed E-state index contributed by atoms with van der Waals surface area (Å²) in [5.74, 6) is 1.85. The number of fused-ring (bicyclic) bond motifs is 1. The van der Waals surface area contributed by atoms with Crippen LogP contribution in [-0.2, 0) is 6.61 Å². The number of aromatic nitrogens is 1. The van der Waals surface area contributed by atoms with Crippen molar-refractivity contribution in [2.75, 3.05) is 13.4 Å². The number of nitrogens with zero attached hydrogens (tertiary/aromatic N) is 1. The molecule has 1 aromatic heterocycles. The number of carbonyl (C=O) groups excluding carboxylic acids is 1. The Morgan fingerprint density at radius 1 is 1.36 bits per heavy atom. The van der Waals surface area contributed by atoms with Crippen molar-refractivity contribution in [3.05, 3.63) is 36.0 Å². The minimum Gasteiger partial charge on any atom is -0.484 e.